The summed E-state index contributed by atoms with van der Waals surface area (Å²) in [7, 11) is 0. The zero-order chi connectivity index (χ0) is 28.3. The molecule has 1 aliphatic carbocycles. The maximum atomic E-state index is 2.55. The van der Waals surface area contributed by atoms with Gasteiger partial charge >= 0.3 is 0 Å². The van der Waals surface area contributed by atoms with E-state index in [1.54, 1.807) is 0 Å². The summed E-state index contributed by atoms with van der Waals surface area (Å²) in [6, 6.07) is 55.9. The molecule has 9 rings (SSSR count). The summed E-state index contributed by atoms with van der Waals surface area (Å²) in [6.07, 6.45) is 4.72. The van der Waals surface area contributed by atoms with E-state index in [2.05, 4.69) is 169 Å². The molecule has 0 N–H and O–H groups in total. The molecule has 1 nitrogen and oxygen atoms in total. The fourth-order valence-electron chi connectivity index (χ4n) is 7.45. The first-order valence-corrected chi connectivity index (χ1v) is 15.1. The van der Waals surface area contributed by atoms with E-state index in [4.69, 9.17) is 0 Å². The minimum absolute atomic E-state index is 0.229. The summed E-state index contributed by atoms with van der Waals surface area (Å²) in [5.74, 6) is 0.288. The minimum atomic E-state index is 0.229. The summed E-state index contributed by atoms with van der Waals surface area (Å²) in [6.45, 7) is 0. The summed E-state index contributed by atoms with van der Waals surface area (Å²) >= 11 is 0. The standard InChI is InChI=1S/C42H29N/c1-2-10-29(11-3-1)38-27-33(26-32-14-6-7-15-35(32)38)28-18-22-34(23-19-28)43-39-24-20-30-12-4-8-16-36(30)41(39)42-37-17-9-5-13-31(37)21-25-40(42)43/h1-27,39,41H. The second-order valence-corrected chi connectivity index (χ2v) is 11.7. The number of benzene rings is 7. The molecule has 2 atom stereocenters. The minimum Gasteiger partial charge on any atom is -0.333 e. The summed E-state index contributed by atoms with van der Waals surface area (Å²) in [5.41, 5.74) is 11.7. The first-order chi connectivity index (χ1) is 21.3. The number of rotatable bonds is 3. The third-order valence-electron chi connectivity index (χ3n) is 9.39. The molecule has 0 aromatic heterocycles. The molecule has 43 heavy (non-hydrogen) atoms. The van der Waals surface area contributed by atoms with Crippen LogP contribution in [-0.4, -0.2) is 6.04 Å². The quantitative estimate of drug-likeness (QED) is 0.213. The van der Waals surface area contributed by atoms with Crippen molar-refractivity contribution >= 4 is 39.0 Å². The van der Waals surface area contributed by atoms with Crippen LogP contribution in [0, 0.1) is 0 Å². The highest BCUT2D eigenvalue weighted by Crippen LogP contribution is 2.53. The van der Waals surface area contributed by atoms with Crippen LogP contribution >= 0.6 is 0 Å². The van der Waals surface area contributed by atoms with Crippen LogP contribution in [0.3, 0.4) is 0 Å². The predicted molar refractivity (Wildman–Crippen MR) is 182 cm³/mol. The van der Waals surface area contributed by atoms with E-state index in [-0.39, 0.29) is 12.0 Å². The second kappa shape index (κ2) is 9.58. The Morgan fingerprint density at radius 1 is 0.488 bits per heavy atom. The molecule has 0 saturated carbocycles. The SMILES string of the molecule is C1=CC2C(c3ccccc31)c1c(ccc3ccccc13)N2c1ccc(-c2cc(-c3ccccc3)c3ccccc3c2)cc1. The summed E-state index contributed by atoms with van der Waals surface area (Å²) in [5, 5.41) is 5.20. The molecule has 0 fully saturated rings. The van der Waals surface area contributed by atoms with Crippen LogP contribution in [0.4, 0.5) is 11.4 Å². The van der Waals surface area contributed by atoms with Gasteiger partial charge in [0.05, 0.1) is 6.04 Å². The Morgan fingerprint density at radius 2 is 1.21 bits per heavy atom. The Balaban J connectivity index is 1.18. The van der Waals surface area contributed by atoms with E-state index in [1.807, 2.05) is 0 Å². The normalized spacial score (nSPS) is 16.7. The van der Waals surface area contributed by atoms with E-state index >= 15 is 0 Å². The molecule has 7 aromatic rings. The van der Waals surface area contributed by atoms with Crippen LogP contribution < -0.4 is 4.90 Å². The molecule has 202 valence electrons. The number of anilines is 2. The molecule has 0 bridgehead atoms. The predicted octanol–water partition coefficient (Wildman–Crippen LogP) is 11.0. The van der Waals surface area contributed by atoms with Gasteiger partial charge in [0.15, 0.2) is 0 Å². The smallest absolute Gasteiger partial charge is 0.0636 e. The van der Waals surface area contributed by atoms with Crippen LogP contribution in [0.1, 0.15) is 22.6 Å². The highest BCUT2D eigenvalue weighted by atomic mass is 15.2. The lowest BCUT2D eigenvalue weighted by Gasteiger charge is -2.31. The van der Waals surface area contributed by atoms with Gasteiger partial charge in [-0.1, -0.05) is 133 Å². The lowest BCUT2D eigenvalue weighted by Crippen LogP contribution is -2.30. The van der Waals surface area contributed by atoms with Crippen LogP contribution in [-0.2, 0) is 0 Å². The molecule has 7 aromatic carbocycles. The fourth-order valence-corrected chi connectivity index (χ4v) is 7.45. The molecule has 0 spiro atoms. The fraction of sp³-hybridized carbons (Fsp3) is 0.0476. The molecule has 1 heteroatoms. The van der Waals surface area contributed by atoms with Gasteiger partial charge in [-0.25, -0.2) is 0 Å². The topological polar surface area (TPSA) is 3.24 Å². The zero-order valence-electron chi connectivity index (χ0n) is 23.7. The van der Waals surface area contributed by atoms with E-state index in [0.717, 1.165) is 0 Å². The maximum absolute atomic E-state index is 2.55. The van der Waals surface area contributed by atoms with Gasteiger partial charge in [0.2, 0.25) is 0 Å². The summed E-state index contributed by atoms with van der Waals surface area (Å²) < 4.78 is 0. The van der Waals surface area contributed by atoms with E-state index in [0.29, 0.717) is 0 Å². The van der Waals surface area contributed by atoms with Gasteiger partial charge in [-0.2, -0.15) is 0 Å². The van der Waals surface area contributed by atoms with E-state index < -0.39 is 0 Å². The number of nitrogens with zero attached hydrogens (tertiary/aromatic N) is 1. The van der Waals surface area contributed by atoms with Gasteiger partial charge in [0.1, 0.15) is 0 Å². The van der Waals surface area contributed by atoms with Crippen molar-refractivity contribution in [3.8, 4) is 22.3 Å². The Bertz CT molecular complexity index is 2190. The van der Waals surface area contributed by atoms with Crippen molar-refractivity contribution in [1.29, 1.82) is 0 Å². The Kier molecular flexibility index (Phi) is 5.39. The molecule has 0 radical (unpaired) electrons. The Hall–Kier alpha value is -5.40. The van der Waals surface area contributed by atoms with Crippen molar-refractivity contribution < 1.29 is 0 Å². The molecule has 0 amide bonds. The molecule has 2 unspecified atom stereocenters. The zero-order valence-corrected chi connectivity index (χ0v) is 23.7. The average Bonchev–Trinajstić information content (AvgIpc) is 3.43. The van der Waals surface area contributed by atoms with Crippen LogP contribution in [0.5, 0.6) is 0 Å². The van der Waals surface area contributed by atoms with Gasteiger partial charge < -0.3 is 4.90 Å². The van der Waals surface area contributed by atoms with Gasteiger partial charge in [0, 0.05) is 17.3 Å². The van der Waals surface area contributed by atoms with Gasteiger partial charge in [-0.05, 0) is 90.8 Å². The van der Waals surface area contributed by atoms with E-state index in [1.165, 1.54) is 71.9 Å². The van der Waals surface area contributed by atoms with Gasteiger partial charge in [-0.3, -0.25) is 0 Å². The van der Waals surface area contributed by atoms with Crippen molar-refractivity contribution in [2.75, 3.05) is 4.90 Å². The highest BCUT2D eigenvalue weighted by molar-refractivity contribution is 6.00. The molecule has 2 aliphatic rings. The monoisotopic (exact) mass is 547 g/mol. The Morgan fingerprint density at radius 3 is 2.07 bits per heavy atom. The van der Waals surface area contributed by atoms with Gasteiger partial charge in [-0.15, -0.1) is 0 Å². The van der Waals surface area contributed by atoms with Gasteiger partial charge in [0.25, 0.3) is 0 Å². The second-order valence-electron chi connectivity index (χ2n) is 11.7. The number of fused-ring (bicyclic) bond motifs is 8. The molecule has 1 aliphatic heterocycles. The highest BCUT2D eigenvalue weighted by Gasteiger charge is 2.42. The molecular formula is C42H29N. The largest absolute Gasteiger partial charge is 0.333 e. The lowest BCUT2D eigenvalue weighted by atomic mass is 9.80. The van der Waals surface area contributed by atoms with Crippen LogP contribution in [0.15, 0.2) is 158 Å². The third kappa shape index (κ3) is 3.78. The van der Waals surface area contributed by atoms with Crippen molar-refractivity contribution in [3.63, 3.8) is 0 Å². The number of hydrogen-bond donors (Lipinski definition) is 0. The van der Waals surface area contributed by atoms with Crippen molar-refractivity contribution in [2.24, 2.45) is 0 Å². The first kappa shape index (κ1) is 24.2. The van der Waals surface area contributed by atoms with Crippen molar-refractivity contribution in [3.05, 3.63) is 174 Å². The van der Waals surface area contributed by atoms with Crippen LogP contribution in [0.2, 0.25) is 0 Å². The lowest BCUT2D eigenvalue weighted by molar-refractivity contribution is 0.727. The summed E-state index contributed by atoms with van der Waals surface area (Å²) in [4.78, 5) is 2.55. The third-order valence-corrected chi connectivity index (χ3v) is 9.39. The van der Waals surface area contributed by atoms with Crippen molar-refractivity contribution in [1.82, 2.24) is 0 Å². The maximum Gasteiger partial charge on any atom is 0.0636 e. The molecular weight excluding hydrogens is 518 g/mol. The Labute approximate surface area is 252 Å². The molecule has 1 heterocycles. The first-order valence-electron chi connectivity index (χ1n) is 15.1. The van der Waals surface area contributed by atoms with Crippen LogP contribution in [0.25, 0.3) is 49.9 Å². The van der Waals surface area contributed by atoms with E-state index in [9.17, 15) is 0 Å². The van der Waals surface area contributed by atoms with Crippen molar-refractivity contribution in [2.45, 2.75) is 12.0 Å². The average molecular weight is 548 g/mol. The number of hydrogen-bond acceptors (Lipinski definition) is 1. The molecule has 0 saturated heterocycles.